The van der Waals surface area contributed by atoms with Crippen molar-refractivity contribution in [1.82, 2.24) is 5.32 Å². The van der Waals surface area contributed by atoms with E-state index in [0.29, 0.717) is 25.1 Å². The zero-order chi connectivity index (χ0) is 20.8. The van der Waals surface area contributed by atoms with Crippen LogP contribution in [0.5, 0.6) is 0 Å². The van der Waals surface area contributed by atoms with Crippen molar-refractivity contribution >= 4 is 23.2 Å². The van der Waals surface area contributed by atoms with Crippen LogP contribution in [0.1, 0.15) is 55.1 Å². The van der Waals surface area contributed by atoms with Gasteiger partial charge in [0.2, 0.25) is 5.91 Å². The Kier molecular flexibility index (Phi) is 6.88. The van der Waals surface area contributed by atoms with Crippen molar-refractivity contribution in [2.24, 2.45) is 5.73 Å². The van der Waals surface area contributed by atoms with E-state index in [-0.39, 0.29) is 23.9 Å². The molecule has 0 unspecified atom stereocenters. The number of para-hydroxylation sites is 1. The molecule has 0 bridgehead atoms. The first-order valence-corrected chi connectivity index (χ1v) is 10.3. The number of carbonyl (C=O) groups is 2. The lowest BCUT2D eigenvalue weighted by atomic mass is 9.91. The number of amides is 2. The second kappa shape index (κ2) is 9.56. The van der Waals surface area contributed by atoms with Gasteiger partial charge in [-0.15, -0.1) is 0 Å². The van der Waals surface area contributed by atoms with Crippen LogP contribution < -0.4 is 21.3 Å². The minimum absolute atomic E-state index is 0.0876. The maximum atomic E-state index is 12.5. The van der Waals surface area contributed by atoms with E-state index < -0.39 is 0 Å². The van der Waals surface area contributed by atoms with Crippen molar-refractivity contribution in [2.45, 2.75) is 45.2 Å². The van der Waals surface area contributed by atoms with Gasteiger partial charge in [-0.05, 0) is 62.2 Å². The quantitative estimate of drug-likeness (QED) is 0.628. The summed E-state index contributed by atoms with van der Waals surface area (Å²) < 4.78 is 0. The molecule has 3 rings (SSSR count). The van der Waals surface area contributed by atoms with Gasteiger partial charge >= 0.3 is 0 Å². The molecule has 1 aliphatic heterocycles. The van der Waals surface area contributed by atoms with E-state index in [9.17, 15) is 9.59 Å². The van der Waals surface area contributed by atoms with Gasteiger partial charge in [-0.3, -0.25) is 9.59 Å². The van der Waals surface area contributed by atoms with Crippen molar-refractivity contribution < 1.29 is 9.59 Å². The van der Waals surface area contributed by atoms with Crippen LogP contribution in [0.15, 0.2) is 48.5 Å². The maximum absolute atomic E-state index is 12.5. The van der Waals surface area contributed by atoms with E-state index >= 15 is 0 Å². The van der Waals surface area contributed by atoms with Gasteiger partial charge in [0.05, 0.1) is 6.04 Å². The fraction of sp³-hybridized carbons (Fsp3) is 0.391. The summed E-state index contributed by atoms with van der Waals surface area (Å²) in [5, 5.41) is 6.44. The van der Waals surface area contributed by atoms with E-state index in [1.54, 1.807) is 0 Å². The molecule has 0 aromatic heterocycles. The summed E-state index contributed by atoms with van der Waals surface area (Å²) in [5.74, 6) is 0.0590. The number of hydrogen-bond donors (Lipinski definition) is 3. The molecule has 2 atom stereocenters. The number of hydrogen-bond acceptors (Lipinski definition) is 4. The lowest BCUT2D eigenvalue weighted by Crippen LogP contribution is -2.44. The third-order valence-corrected chi connectivity index (χ3v) is 5.31. The first kappa shape index (κ1) is 20.9. The van der Waals surface area contributed by atoms with Crippen LogP contribution in [0, 0.1) is 0 Å². The lowest BCUT2D eigenvalue weighted by Gasteiger charge is -2.40. The largest absolute Gasteiger partial charge is 0.378 e. The molecule has 154 valence electrons. The Bertz CT molecular complexity index is 850. The van der Waals surface area contributed by atoms with Crippen molar-refractivity contribution in [2.75, 3.05) is 23.3 Å². The summed E-state index contributed by atoms with van der Waals surface area (Å²) in [6.45, 7) is 5.13. The molecule has 0 spiro atoms. The topological polar surface area (TPSA) is 87.5 Å². The highest BCUT2D eigenvalue weighted by molar-refractivity contribution is 5.95. The number of nitrogens with one attached hydrogen (secondary N) is 2. The molecule has 0 saturated carbocycles. The molecule has 29 heavy (non-hydrogen) atoms. The average molecular weight is 395 g/mol. The Balaban J connectivity index is 1.74. The summed E-state index contributed by atoms with van der Waals surface area (Å²) in [4.78, 5) is 26.5. The van der Waals surface area contributed by atoms with Gasteiger partial charge in [-0.25, -0.2) is 0 Å². The predicted molar refractivity (Wildman–Crippen MR) is 117 cm³/mol. The minimum atomic E-state index is -0.0876. The van der Waals surface area contributed by atoms with Gasteiger partial charge in [-0.2, -0.15) is 0 Å². The van der Waals surface area contributed by atoms with Gasteiger partial charge in [0.1, 0.15) is 0 Å². The second-order valence-electron chi connectivity index (χ2n) is 7.43. The molecule has 0 fully saturated rings. The smallest absolute Gasteiger partial charge is 0.251 e. The molecule has 0 saturated heterocycles. The number of rotatable bonds is 7. The molecular formula is C23H30N4O2. The summed E-state index contributed by atoms with van der Waals surface area (Å²) in [5.41, 5.74) is 9.14. The molecule has 0 aliphatic carbocycles. The zero-order valence-corrected chi connectivity index (χ0v) is 17.2. The Morgan fingerprint density at radius 2 is 1.86 bits per heavy atom. The summed E-state index contributed by atoms with van der Waals surface area (Å²) in [6.07, 6.45) is 2.08. The van der Waals surface area contributed by atoms with E-state index in [1.165, 1.54) is 0 Å². The fourth-order valence-corrected chi connectivity index (χ4v) is 3.82. The molecule has 1 aliphatic rings. The van der Waals surface area contributed by atoms with Crippen molar-refractivity contribution in [3.8, 4) is 0 Å². The number of fused-ring (bicyclic) bond motifs is 1. The lowest BCUT2D eigenvalue weighted by molar-refractivity contribution is -0.118. The number of nitrogens with zero attached hydrogens (tertiary/aromatic N) is 1. The van der Waals surface area contributed by atoms with Gasteiger partial charge < -0.3 is 21.3 Å². The summed E-state index contributed by atoms with van der Waals surface area (Å²) in [7, 11) is 0. The van der Waals surface area contributed by atoms with Crippen LogP contribution in [-0.2, 0) is 4.79 Å². The van der Waals surface area contributed by atoms with Crippen LogP contribution in [0.4, 0.5) is 11.4 Å². The first-order chi connectivity index (χ1) is 14.0. The third-order valence-electron chi connectivity index (χ3n) is 5.31. The predicted octanol–water partition coefficient (Wildman–Crippen LogP) is 3.45. The fourth-order valence-electron chi connectivity index (χ4n) is 3.82. The second-order valence-corrected chi connectivity index (χ2v) is 7.43. The Morgan fingerprint density at radius 3 is 2.55 bits per heavy atom. The third kappa shape index (κ3) is 4.77. The summed E-state index contributed by atoms with van der Waals surface area (Å²) in [6, 6.07) is 15.8. The first-order valence-electron chi connectivity index (χ1n) is 10.3. The normalized spacial score (nSPS) is 18.1. The Hall–Kier alpha value is -2.86. The minimum Gasteiger partial charge on any atom is -0.378 e. The van der Waals surface area contributed by atoms with Gasteiger partial charge in [0.15, 0.2) is 0 Å². The molecule has 2 aromatic rings. The number of benzene rings is 2. The van der Waals surface area contributed by atoms with Crippen LogP contribution >= 0.6 is 0 Å². The Morgan fingerprint density at radius 1 is 1.14 bits per heavy atom. The maximum Gasteiger partial charge on any atom is 0.251 e. The molecule has 4 N–H and O–H groups in total. The standard InChI is InChI=1S/C23H30N4O2/c1-3-22(28)27-16(2)15-20(19-7-4-5-8-21(19)27)26-18-11-9-17(10-12-18)23(29)25-14-6-13-24/h4-5,7-12,16,20,26H,3,6,13-15,24H2,1-2H3,(H,25,29)/t16-,20-/m1/s1. The molecule has 6 heteroatoms. The van der Waals surface area contributed by atoms with E-state index in [1.807, 2.05) is 54.3 Å². The number of carbonyl (C=O) groups excluding carboxylic acids is 2. The molecule has 2 amide bonds. The van der Waals surface area contributed by atoms with Gasteiger partial charge in [0, 0.05) is 35.9 Å². The van der Waals surface area contributed by atoms with Gasteiger partial charge in [-0.1, -0.05) is 25.1 Å². The van der Waals surface area contributed by atoms with Gasteiger partial charge in [0.25, 0.3) is 5.91 Å². The summed E-state index contributed by atoms with van der Waals surface area (Å²) >= 11 is 0. The molecule has 6 nitrogen and oxygen atoms in total. The van der Waals surface area contributed by atoms with E-state index in [0.717, 1.165) is 29.8 Å². The number of nitrogens with two attached hydrogens (primary N) is 1. The highest BCUT2D eigenvalue weighted by Gasteiger charge is 2.32. The van der Waals surface area contributed by atoms with Crippen LogP contribution in [0.25, 0.3) is 0 Å². The van der Waals surface area contributed by atoms with Crippen molar-refractivity contribution in [1.29, 1.82) is 0 Å². The highest BCUT2D eigenvalue weighted by atomic mass is 16.2. The van der Waals surface area contributed by atoms with E-state index in [4.69, 9.17) is 5.73 Å². The van der Waals surface area contributed by atoms with Crippen LogP contribution in [0.2, 0.25) is 0 Å². The van der Waals surface area contributed by atoms with Crippen LogP contribution in [0.3, 0.4) is 0 Å². The van der Waals surface area contributed by atoms with Crippen molar-refractivity contribution in [3.63, 3.8) is 0 Å². The highest BCUT2D eigenvalue weighted by Crippen LogP contribution is 2.39. The zero-order valence-electron chi connectivity index (χ0n) is 17.2. The molecule has 1 heterocycles. The van der Waals surface area contributed by atoms with Crippen LogP contribution in [-0.4, -0.2) is 30.9 Å². The molecule has 0 radical (unpaired) electrons. The molecule has 2 aromatic carbocycles. The monoisotopic (exact) mass is 394 g/mol. The number of anilines is 2. The average Bonchev–Trinajstić information content (AvgIpc) is 2.74. The Labute approximate surface area is 172 Å². The SMILES string of the molecule is CCC(=O)N1c2ccccc2[C@H](Nc2ccc(C(=O)NCCCN)cc2)C[C@H]1C. The molecular weight excluding hydrogens is 364 g/mol. The van der Waals surface area contributed by atoms with E-state index in [2.05, 4.69) is 23.6 Å². The van der Waals surface area contributed by atoms with Crippen molar-refractivity contribution in [3.05, 3.63) is 59.7 Å².